The van der Waals surface area contributed by atoms with Crippen molar-refractivity contribution in [3.63, 3.8) is 0 Å². The SMILES string of the molecule is COC(=O)C(CC=C=CC[C@H]1[C@@H](O)CC[C@@H]1/C=C/CCOc1cccc(OC)c1)(OC1CCCCO1)OC1CCCCO1. The van der Waals surface area contributed by atoms with Gasteiger partial charge in [0, 0.05) is 25.7 Å². The van der Waals surface area contributed by atoms with E-state index in [1.54, 1.807) is 13.2 Å². The molecule has 2 aliphatic heterocycles. The minimum Gasteiger partial charge on any atom is -0.497 e. The van der Waals surface area contributed by atoms with Crippen LogP contribution in [0.15, 0.2) is 54.3 Å². The second kappa shape index (κ2) is 17.6. The molecule has 2 unspecified atom stereocenters. The highest BCUT2D eigenvalue weighted by molar-refractivity contribution is 5.78. The van der Waals surface area contributed by atoms with Gasteiger partial charge in [-0.15, -0.1) is 5.73 Å². The standard InChI is InChI=1S/C34H48O9/c1-37-27-14-12-15-28(25-27)39-22-9-5-13-26-19-20-30(35)29(26)16-4-3-8-21-34(33(36)38-2,42-31-17-6-10-23-40-31)43-32-18-7-11-24-41-32/h4-5,8,12-15,25-26,29-32,35H,6-7,9-11,16-24H2,1-2H3/b13-5+/t3?,26-,29+,30-,31?,32?,34?/m0/s1. The van der Waals surface area contributed by atoms with Crippen LogP contribution in [0.2, 0.25) is 0 Å². The van der Waals surface area contributed by atoms with Gasteiger partial charge in [0.2, 0.25) is 0 Å². The predicted molar refractivity (Wildman–Crippen MR) is 160 cm³/mol. The lowest BCUT2D eigenvalue weighted by Gasteiger charge is -2.38. The second-order valence-corrected chi connectivity index (χ2v) is 11.3. The third-order valence-corrected chi connectivity index (χ3v) is 8.23. The molecule has 1 aromatic carbocycles. The second-order valence-electron chi connectivity index (χ2n) is 11.3. The lowest BCUT2D eigenvalue weighted by Crippen LogP contribution is -2.51. The highest BCUT2D eigenvalue weighted by Gasteiger charge is 2.47. The topological polar surface area (TPSA) is 102 Å². The normalized spacial score (nSPS) is 27.2. The van der Waals surface area contributed by atoms with Gasteiger partial charge in [0.25, 0.3) is 5.79 Å². The summed E-state index contributed by atoms with van der Waals surface area (Å²) in [7, 11) is 2.96. The molecule has 5 atom stereocenters. The molecule has 0 radical (unpaired) electrons. The Labute approximate surface area is 255 Å². The first-order valence-corrected chi connectivity index (χ1v) is 15.7. The van der Waals surface area contributed by atoms with Gasteiger partial charge in [0.1, 0.15) is 11.5 Å². The molecule has 238 valence electrons. The van der Waals surface area contributed by atoms with Crippen LogP contribution in [0.3, 0.4) is 0 Å². The highest BCUT2D eigenvalue weighted by atomic mass is 16.8. The average Bonchev–Trinajstić information content (AvgIpc) is 3.39. The number of benzene rings is 1. The summed E-state index contributed by atoms with van der Waals surface area (Å²) in [6.45, 7) is 1.72. The Kier molecular flexibility index (Phi) is 13.6. The Hall–Kier alpha value is -2.65. The highest BCUT2D eigenvalue weighted by Crippen LogP contribution is 2.36. The molecule has 0 amide bonds. The fourth-order valence-electron chi connectivity index (χ4n) is 5.83. The predicted octanol–water partition coefficient (Wildman–Crippen LogP) is 5.85. The Balaban J connectivity index is 1.33. The van der Waals surface area contributed by atoms with Crippen LogP contribution >= 0.6 is 0 Å². The van der Waals surface area contributed by atoms with E-state index in [2.05, 4.69) is 17.9 Å². The fraction of sp³-hybridized carbons (Fsp3) is 0.647. The molecular formula is C34H48O9. The van der Waals surface area contributed by atoms with E-state index >= 15 is 0 Å². The van der Waals surface area contributed by atoms with Gasteiger partial charge in [-0.25, -0.2) is 4.79 Å². The smallest absolute Gasteiger partial charge is 0.367 e. The van der Waals surface area contributed by atoms with Crippen LogP contribution in [0.1, 0.15) is 70.6 Å². The number of rotatable bonds is 15. The molecular weight excluding hydrogens is 552 g/mol. The third-order valence-electron chi connectivity index (χ3n) is 8.23. The fourth-order valence-corrected chi connectivity index (χ4v) is 5.83. The summed E-state index contributed by atoms with van der Waals surface area (Å²) in [5.41, 5.74) is 3.20. The van der Waals surface area contributed by atoms with E-state index in [-0.39, 0.29) is 24.4 Å². The number of aliphatic hydroxyl groups excluding tert-OH is 1. The molecule has 0 spiro atoms. The van der Waals surface area contributed by atoms with Gasteiger partial charge >= 0.3 is 5.97 Å². The van der Waals surface area contributed by atoms with Crippen molar-refractivity contribution >= 4 is 5.97 Å². The average molecular weight is 601 g/mol. The zero-order valence-electron chi connectivity index (χ0n) is 25.6. The molecule has 2 heterocycles. The van der Waals surface area contributed by atoms with Crippen molar-refractivity contribution in [1.82, 2.24) is 0 Å². The Morgan fingerprint density at radius 3 is 2.37 bits per heavy atom. The van der Waals surface area contributed by atoms with Crippen LogP contribution in [-0.4, -0.2) is 69.6 Å². The van der Waals surface area contributed by atoms with Crippen molar-refractivity contribution in [2.24, 2.45) is 11.8 Å². The van der Waals surface area contributed by atoms with Crippen LogP contribution in [0.5, 0.6) is 11.5 Å². The van der Waals surface area contributed by atoms with Crippen LogP contribution in [0.4, 0.5) is 0 Å². The first-order chi connectivity index (χ1) is 21.0. The minimum absolute atomic E-state index is 0.0970. The molecule has 0 aromatic heterocycles. The zero-order chi connectivity index (χ0) is 30.3. The molecule has 1 saturated carbocycles. The maximum atomic E-state index is 13.1. The molecule has 3 fully saturated rings. The number of esters is 1. The maximum absolute atomic E-state index is 13.1. The van der Waals surface area contributed by atoms with Crippen molar-refractivity contribution in [1.29, 1.82) is 0 Å². The van der Waals surface area contributed by atoms with Gasteiger partial charge in [-0.1, -0.05) is 18.2 Å². The van der Waals surface area contributed by atoms with Crippen molar-refractivity contribution in [3.8, 4) is 11.5 Å². The van der Waals surface area contributed by atoms with E-state index in [0.29, 0.717) is 39.1 Å². The van der Waals surface area contributed by atoms with Crippen LogP contribution < -0.4 is 9.47 Å². The molecule has 2 saturated heterocycles. The summed E-state index contributed by atoms with van der Waals surface area (Å²) in [4.78, 5) is 13.1. The number of methoxy groups -OCH3 is 2. The van der Waals surface area contributed by atoms with Crippen molar-refractivity contribution in [2.45, 2.75) is 95.1 Å². The third kappa shape index (κ3) is 10.2. The number of hydrogen-bond acceptors (Lipinski definition) is 9. The molecule has 43 heavy (non-hydrogen) atoms. The summed E-state index contributed by atoms with van der Waals surface area (Å²) >= 11 is 0. The molecule has 1 N–H and O–H groups in total. The Bertz CT molecular complexity index is 1050. The molecule has 1 aromatic rings. The number of carbonyl (C=O) groups excluding carboxylic acids is 1. The number of allylic oxidation sites excluding steroid dienone is 1. The number of hydrogen-bond donors (Lipinski definition) is 1. The van der Waals surface area contributed by atoms with Gasteiger partial charge in [-0.05, 0) is 100 Å². The van der Waals surface area contributed by atoms with Crippen LogP contribution in [0.25, 0.3) is 0 Å². The van der Waals surface area contributed by atoms with Gasteiger partial charge in [-0.2, -0.15) is 0 Å². The molecule has 1 aliphatic carbocycles. The molecule has 0 bridgehead atoms. The summed E-state index contributed by atoms with van der Waals surface area (Å²) in [6.07, 6.45) is 14.9. The van der Waals surface area contributed by atoms with E-state index in [4.69, 9.17) is 33.2 Å². The van der Waals surface area contributed by atoms with E-state index in [0.717, 1.165) is 56.4 Å². The van der Waals surface area contributed by atoms with Gasteiger partial charge < -0.3 is 38.3 Å². The quantitative estimate of drug-likeness (QED) is 0.0873. The maximum Gasteiger partial charge on any atom is 0.367 e. The lowest BCUT2D eigenvalue weighted by molar-refractivity contribution is -0.350. The molecule has 3 aliphatic rings. The van der Waals surface area contributed by atoms with E-state index in [9.17, 15) is 9.90 Å². The molecule has 9 heteroatoms. The van der Waals surface area contributed by atoms with Crippen molar-refractivity contribution < 1.29 is 43.1 Å². The number of ether oxygens (including phenoxy) is 7. The first kappa shape index (κ1) is 33.2. The van der Waals surface area contributed by atoms with Gasteiger partial charge in [0.15, 0.2) is 12.6 Å². The first-order valence-electron chi connectivity index (χ1n) is 15.7. The summed E-state index contributed by atoms with van der Waals surface area (Å²) in [6, 6.07) is 7.57. The largest absolute Gasteiger partial charge is 0.497 e. The molecule has 9 nitrogen and oxygen atoms in total. The van der Waals surface area contributed by atoms with E-state index in [1.807, 2.05) is 30.3 Å². The number of aliphatic hydroxyl groups is 1. The molecule has 4 rings (SSSR count). The van der Waals surface area contributed by atoms with Gasteiger partial charge in [-0.3, -0.25) is 0 Å². The summed E-state index contributed by atoms with van der Waals surface area (Å²) in [5.74, 6) is -0.391. The van der Waals surface area contributed by atoms with Crippen LogP contribution in [0, 0.1) is 11.8 Å². The summed E-state index contributed by atoms with van der Waals surface area (Å²) in [5, 5.41) is 10.7. The van der Waals surface area contributed by atoms with E-state index in [1.165, 1.54) is 7.11 Å². The van der Waals surface area contributed by atoms with Crippen LogP contribution in [-0.2, 0) is 28.5 Å². The zero-order valence-corrected chi connectivity index (χ0v) is 25.6. The Morgan fingerprint density at radius 2 is 1.72 bits per heavy atom. The minimum atomic E-state index is -1.69. The Morgan fingerprint density at radius 1 is 1.00 bits per heavy atom. The van der Waals surface area contributed by atoms with Gasteiger partial charge in [0.05, 0.1) is 26.9 Å². The lowest BCUT2D eigenvalue weighted by atomic mass is 9.91. The van der Waals surface area contributed by atoms with E-state index < -0.39 is 24.3 Å². The number of carbonyl (C=O) groups is 1. The summed E-state index contributed by atoms with van der Waals surface area (Å²) < 4.78 is 40.2. The van der Waals surface area contributed by atoms with Crippen molar-refractivity contribution in [2.75, 3.05) is 34.0 Å². The van der Waals surface area contributed by atoms with Crippen molar-refractivity contribution in [3.05, 3.63) is 54.3 Å². The monoisotopic (exact) mass is 600 g/mol.